The van der Waals surface area contributed by atoms with Gasteiger partial charge < -0.3 is 15.3 Å². The predicted molar refractivity (Wildman–Crippen MR) is 69.5 cm³/mol. The van der Waals surface area contributed by atoms with Crippen LogP contribution in [0.25, 0.3) is 0 Å². The molecule has 6 nitrogen and oxygen atoms in total. The number of rotatable bonds is 5. The van der Waals surface area contributed by atoms with Crippen molar-refractivity contribution in [3.63, 3.8) is 0 Å². The summed E-state index contributed by atoms with van der Waals surface area (Å²) in [5.74, 6) is -1.23. The van der Waals surface area contributed by atoms with E-state index in [1.165, 1.54) is 4.90 Å². The van der Waals surface area contributed by atoms with Gasteiger partial charge in [0.05, 0.1) is 12.0 Å². The molecule has 1 rings (SSSR count). The number of aliphatic carboxylic acids is 1. The zero-order valence-electron chi connectivity index (χ0n) is 11.6. The molecular formula is C13H22N2O4. The van der Waals surface area contributed by atoms with Crippen LogP contribution in [0, 0.1) is 5.41 Å². The third-order valence-electron chi connectivity index (χ3n) is 3.48. The smallest absolute Gasteiger partial charge is 0.311 e. The van der Waals surface area contributed by atoms with Crippen molar-refractivity contribution in [2.75, 3.05) is 19.6 Å². The lowest BCUT2D eigenvalue weighted by atomic mass is 9.82. The third-order valence-corrected chi connectivity index (χ3v) is 3.48. The number of nitrogens with zero attached hydrogens (tertiary/aromatic N) is 1. The fourth-order valence-electron chi connectivity index (χ4n) is 2.23. The van der Waals surface area contributed by atoms with Gasteiger partial charge >= 0.3 is 5.97 Å². The van der Waals surface area contributed by atoms with Crippen molar-refractivity contribution in [2.24, 2.45) is 5.41 Å². The van der Waals surface area contributed by atoms with E-state index in [1.54, 1.807) is 6.92 Å². The van der Waals surface area contributed by atoms with E-state index in [0.29, 0.717) is 25.8 Å². The highest BCUT2D eigenvalue weighted by Crippen LogP contribution is 2.29. The van der Waals surface area contributed by atoms with E-state index < -0.39 is 11.4 Å². The Bertz CT molecular complexity index is 370. The molecule has 0 saturated carbocycles. The molecule has 0 spiro atoms. The van der Waals surface area contributed by atoms with Gasteiger partial charge in [-0.25, -0.2) is 0 Å². The van der Waals surface area contributed by atoms with Crippen LogP contribution in [0.3, 0.4) is 0 Å². The van der Waals surface area contributed by atoms with E-state index in [1.807, 2.05) is 6.92 Å². The molecule has 0 aliphatic carbocycles. The minimum absolute atomic E-state index is 0.0471. The number of likely N-dealkylation sites (tertiary alicyclic amines) is 1. The highest BCUT2D eigenvalue weighted by Gasteiger charge is 2.39. The number of carboxylic acid groups (broad SMARTS) is 1. The molecule has 0 aromatic rings. The Hall–Kier alpha value is -1.59. The van der Waals surface area contributed by atoms with Crippen molar-refractivity contribution in [3.05, 3.63) is 0 Å². The first kappa shape index (κ1) is 15.5. The Kier molecular flexibility index (Phi) is 5.32. The number of piperidine rings is 1. The van der Waals surface area contributed by atoms with Gasteiger partial charge in [0.25, 0.3) is 0 Å². The summed E-state index contributed by atoms with van der Waals surface area (Å²) >= 11 is 0. The van der Waals surface area contributed by atoms with Crippen LogP contribution in [0.1, 0.15) is 39.5 Å². The lowest BCUT2D eigenvalue weighted by Gasteiger charge is -2.37. The zero-order chi connectivity index (χ0) is 14.5. The summed E-state index contributed by atoms with van der Waals surface area (Å²) in [6, 6.07) is 0. The molecule has 0 radical (unpaired) electrons. The SMILES string of the molecule is CCCC(=O)NCC(=O)N1CCCC(C)(C(=O)O)C1. The second-order valence-electron chi connectivity index (χ2n) is 5.31. The zero-order valence-corrected chi connectivity index (χ0v) is 11.6. The maximum Gasteiger partial charge on any atom is 0.311 e. The van der Waals surface area contributed by atoms with Crippen LogP contribution in [0.5, 0.6) is 0 Å². The van der Waals surface area contributed by atoms with Crippen molar-refractivity contribution in [1.29, 1.82) is 0 Å². The molecule has 0 aromatic carbocycles. The molecule has 1 saturated heterocycles. The first-order valence-electron chi connectivity index (χ1n) is 6.67. The fraction of sp³-hybridized carbons (Fsp3) is 0.769. The number of hydrogen-bond acceptors (Lipinski definition) is 3. The number of carbonyl (C=O) groups excluding carboxylic acids is 2. The standard InChI is InChI=1S/C13H22N2O4/c1-3-5-10(16)14-8-11(17)15-7-4-6-13(2,9-15)12(18)19/h3-9H2,1-2H3,(H,14,16)(H,18,19). The number of amides is 2. The van der Waals surface area contributed by atoms with Crippen LogP contribution < -0.4 is 5.32 Å². The molecule has 1 atom stereocenters. The molecule has 1 heterocycles. The molecule has 19 heavy (non-hydrogen) atoms. The van der Waals surface area contributed by atoms with E-state index >= 15 is 0 Å². The van der Waals surface area contributed by atoms with Gasteiger partial charge in [0.1, 0.15) is 0 Å². The van der Waals surface area contributed by atoms with Crippen LogP contribution in [0.2, 0.25) is 0 Å². The molecule has 1 aliphatic heterocycles. The summed E-state index contributed by atoms with van der Waals surface area (Å²) in [5, 5.41) is 11.7. The number of carboxylic acids is 1. The van der Waals surface area contributed by atoms with E-state index in [2.05, 4.69) is 5.32 Å². The second kappa shape index (κ2) is 6.54. The Balaban J connectivity index is 2.49. The Morgan fingerprint density at radius 3 is 2.63 bits per heavy atom. The molecule has 1 unspecified atom stereocenters. The van der Waals surface area contributed by atoms with Gasteiger partial charge in [-0.1, -0.05) is 6.92 Å². The molecule has 2 amide bonds. The van der Waals surface area contributed by atoms with Crippen molar-refractivity contribution in [2.45, 2.75) is 39.5 Å². The van der Waals surface area contributed by atoms with Crippen LogP contribution >= 0.6 is 0 Å². The highest BCUT2D eigenvalue weighted by atomic mass is 16.4. The number of nitrogens with one attached hydrogen (secondary N) is 1. The van der Waals surface area contributed by atoms with Crippen LogP contribution in [0.15, 0.2) is 0 Å². The minimum Gasteiger partial charge on any atom is -0.481 e. The van der Waals surface area contributed by atoms with Gasteiger partial charge in [-0.2, -0.15) is 0 Å². The van der Waals surface area contributed by atoms with Gasteiger partial charge in [-0.15, -0.1) is 0 Å². The van der Waals surface area contributed by atoms with Crippen molar-refractivity contribution < 1.29 is 19.5 Å². The van der Waals surface area contributed by atoms with Gasteiger partial charge in [-0.3, -0.25) is 14.4 Å². The summed E-state index contributed by atoms with van der Waals surface area (Å²) < 4.78 is 0. The van der Waals surface area contributed by atoms with Gasteiger partial charge in [0.2, 0.25) is 11.8 Å². The van der Waals surface area contributed by atoms with Crippen molar-refractivity contribution >= 4 is 17.8 Å². The lowest BCUT2D eigenvalue weighted by molar-refractivity contribution is -0.153. The van der Waals surface area contributed by atoms with Crippen LogP contribution in [-0.4, -0.2) is 47.4 Å². The Labute approximate surface area is 113 Å². The molecule has 6 heteroatoms. The normalized spacial score (nSPS) is 22.9. The first-order chi connectivity index (χ1) is 8.89. The van der Waals surface area contributed by atoms with Crippen LogP contribution in [0.4, 0.5) is 0 Å². The van der Waals surface area contributed by atoms with Crippen molar-refractivity contribution in [3.8, 4) is 0 Å². The van der Waals surface area contributed by atoms with E-state index in [-0.39, 0.29) is 24.9 Å². The summed E-state index contributed by atoms with van der Waals surface area (Å²) in [4.78, 5) is 35.9. The summed E-state index contributed by atoms with van der Waals surface area (Å²) in [6.45, 7) is 4.28. The maximum atomic E-state index is 11.9. The second-order valence-corrected chi connectivity index (χ2v) is 5.31. The lowest BCUT2D eigenvalue weighted by Crippen LogP contribution is -2.50. The Morgan fingerprint density at radius 1 is 1.37 bits per heavy atom. The predicted octanol–water partition coefficient (Wildman–Crippen LogP) is 0.616. The van der Waals surface area contributed by atoms with Crippen molar-refractivity contribution in [1.82, 2.24) is 10.2 Å². The van der Waals surface area contributed by atoms with E-state index in [0.717, 1.165) is 6.42 Å². The number of hydrogen-bond donors (Lipinski definition) is 2. The minimum atomic E-state index is -0.875. The average molecular weight is 270 g/mol. The van der Waals surface area contributed by atoms with E-state index in [4.69, 9.17) is 0 Å². The molecule has 1 aliphatic rings. The topological polar surface area (TPSA) is 86.7 Å². The molecule has 2 N–H and O–H groups in total. The van der Waals surface area contributed by atoms with Crippen LogP contribution in [-0.2, 0) is 14.4 Å². The molecule has 1 fully saturated rings. The van der Waals surface area contributed by atoms with Gasteiger partial charge in [-0.05, 0) is 26.2 Å². The molecule has 108 valence electrons. The third kappa shape index (κ3) is 4.22. The largest absolute Gasteiger partial charge is 0.481 e. The first-order valence-corrected chi connectivity index (χ1v) is 6.67. The maximum absolute atomic E-state index is 11.9. The quantitative estimate of drug-likeness (QED) is 0.766. The molecule has 0 bridgehead atoms. The fourth-order valence-corrected chi connectivity index (χ4v) is 2.23. The monoisotopic (exact) mass is 270 g/mol. The van der Waals surface area contributed by atoms with Gasteiger partial charge in [0, 0.05) is 19.5 Å². The summed E-state index contributed by atoms with van der Waals surface area (Å²) in [7, 11) is 0. The Morgan fingerprint density at radius 2 is 2.05 bits per heavy atom. The highest BCUT2D eigenvalue weighted by molar-refractivity contribution is 5.85. The molecular weight excluding hydrogens is 248 g/mol. The van der Waals surface area contributed by atoms with Gasteiger partial charge in [0.15, 0.2) is 0 Å². The number of carbonyl (C=O) groups is 3. The van der Waals surface area contributed by atoms with E-state index in [9.17, 15) is 19.5 Å². The average Bonchev–Trinajstić information content (AvgIpc) is 2.36. The summed E-state index contributed by atoms with van der Waals surface area (Å²) in [5.41, 5.74) is -0.874. The summed E-state index contributed by atoms with van der Waals surface area (Å²) in [6.07, 6.45) is 2.40. The molecule has 0 aromatic heterocycles.